The lowest BCUT2D eigenvalue weighted by Crippen LogP contribution is -2.28. The molecule has 0 heterocycles. The van der Waals surface area contributed by atoms with Crippen molar-refractivity contribution in [2.75, 3.05) is 26.9 Å². The average molecular weight is 421 g/mol. The number of methoxy groups -OCH3 is 1. The van der Waals surface area contributed by atoms with Crippen LogP contribution >= 0.6 is 0 Å². The standard InChI is InChI=1S/C21H28N2O5S/c1-16(2)18-5-4-6-19(13-18)28-15-21(24)22-14-17-7-9-20(10-8-17)29(25,26)23-11-12-27-3/h4-10,13,16,23H,11-12,14-15H2,1-3H3,(H,22,24). The number of benzene rings is 2. The summed E-state index contributed by atoms with van der Waals surface area (Å²) in [6, 6.07) is 14.0. The Morgan fingerprint density at radius 1 is 1.10 bits per heavy atom. The molecular formula is C21H28N2O5S. The Morgan fingerprint density at radius 2 is 1.83 bits per heavy atom. The van der Waals surface area contributed by atoms with Gasteiger partial charge in [-0.2, -0.15) is 0 Å². The molecule has 8 heteroatoms. The SMILES string of the molecule is COCCNS(=O)(=O)c1ccc(CNC(=O)COc2cccc(C(C)C)c2)cc1. The highest BCUT2D eigenvalue weighted by Crippen LogP contribution is 2.20. The Bertz CT molecular complexity index is 896. The first kappa shape index (κ1) is 22.9. The van der Waals surface area contributed by atoms with Gasteiger partial charge in [0.15, 0.2) is 6.61 Å². The fraction of sp³-hybridized carbons (Fsp3) is 0.381. The van der Waals surface area contributed by atoms with Gasteiger partial charge in [-0.3, -0.25) is 4.79 Å². The molecule has 0 saturated heterocycles. The maximum absolute atomic E-state index is 12.1. The van der Waals surface area contributed by atoms with Crippen LogP contribution in [0.5, 0.6) is 5.75 Å². The zero-order valence-corrected chi connectivity index (χ0v) is 17.8. The second kappa shape index (κ2) is 10.9. The number of carbonyl (C=O) groups excluding carboxylic acids is 1. The minimum absolute atomic E-state index is 0.0859. The van der Waals surface area contributed by atoms with E-state index in [0.717, 1.165) is 11.1 Å². The van der Waals surface area contributed by atoms with Crippen LogP contribution in [-0.4, -0.2) is 41.2 Å². The Kier molecular flexibility index (Phi) is 8.63. The molecule has 2 rings (SSSR count). The predicted molar refractivity (Wildman–Crippen MR) is 111 cm³/mol. The Labute approximate surface area is 172 Å². The van der Waals surface area contributed by atoms with Gasteiger partial charge in [-0.25, -0.2) is 13.1 Å². The van der Waals surface area contributed by atoms with Crippen LogP contribution < -0.4 is 14.8 Å². The summed E-state index contributed by atoms with van der Waals surface area (Å²) in [6.07, 6.45) is 0. The minimum atomic E-state index is -3.57. The van der Waals surface area contributed by atoms with Gasteiger partial charge in [-0.1, -0.05) is 38.1 Å². The molecule has 2 N–H and O–H groups in total. The van der Waals surface area contributed by atoms with E-state index in [1.807, 2.05) is 24.3 Å². The van der Waals surface area contributed by atoms with Crippen LogP contribution in [0.4, 0.5) is 0 Å². The first-order valence-electron chi connectivity index (χ1n) is 9.39. The molecule has 0 radical (unpaired) electrons. The lowest BCUT2D eigenvalue weighted by atomic mass is 10.0. The largest absolute Gasteiger partial charge is 0.484 e. The molecule has 29 heavy (non-hydrogen) atoms. The van der Waals surface area contributed by atoms with Gasteiger partial charge < -0.3 is 14.8 Å². The molecule has 0 aromatic heterocycles. The molecule has 2 aromatic carbocycles. The van der Waals surface area contributed by atoms with Crippen molar-refractivity contribution in [3.05, 3.63) is 59.7 Å². The molecule has 158 valence electrons. The zero-order valence-electron chi connectivity index (χ0n) is 17.0. The number of amides is 1. The van der Waals surface area contributed by atoms with Gasteiger partial charge in [-0.05, 0) is 41.3 Å². The molecule has 0 atom stereocenters. The smallest absolute Gasteiger partial charge is 0.258 e. The van der Waals surface area contributed by atoms with Gasteiger partial charge in [0, 0.05) is 20.2 Å². The van der Waals surface area contributed by atoms with Gasteiger partial charge in [0.2, 0.25) is 10.0 Å². The summed E-state index contributed by atoms with van der Waals surface area (Å²) < 4.78 is 37.1. The van der Waals surface area contributed by atoms with Crippen molar-refractivity contribution in [2.24, 2.45) is 0 Å². The van der Waals surface area contributed by atoms with E-state index >= 15 is 0 Å². The lowest BCUT2D eigenvalue weighted by molar-refractivity contribution is -0.123. The average Bonchev–Trinajstić information content (AvgIpc) is 2.71. The number of nitrogens with one attached hydrogen (secondary N) is 2. The summed E-state index contributed by atoms with van der Waals surface area (Å²) in [5.74, 6) is 0.786. The molecule has 0 bridgehead atoms. The van der Waals surface area contributed by atoms with Crippen molar-refractivity contribution < 1.29 is 22.7 Å². The maximum atomic E-state index is 12.1. The molecule has 0 unspecified atom stereocenters. The fourth-order valence-electron chi connectivity index (χ4n) is 2.51. The molecule has 0 saturated carbocycles. The maximum Gasteiger partial charge on any atom is 0.258 e. The quantitative estimate of drug-likeness (QED) is 0.545. The van der Waals surface area contributed by atoms with Crippen LogP contribution in [-0.2, 0) is 26.1 Å². The summed E-state index contributed by atoms with van der Waals surface area (Å²) in [5, 5.41) is 2.76. The summed E-state index contributed by atoms with van der Waals surface area (Å²) in [6.45, 7) is 4.89. The van der Waals surface area contributed by atoms with Crippen LogP contribution in [0, 0.1) is 0 Å². The van der Waals surface area contributed by atoms with Crippen LogP contribution in [0.2, 0.25) is 0 Å². The van der Waals surface area contributed by atoms with E-state index in [9.17, 15) is 13.2 Å². The van der Waals surface area contributed by atoms with E-state index < -0.39 is 10.0 Å². The van der Waals surface area contributed by atoms with Gasteiger partial charge in [0.05, 0.1) is 11.5 Å². The first-order chi connectivity index (χ1) is 13.8. The number of hydrogen-bond acceptors (Lipinski definition) is 5. The highest BCUT2D eigenvalue weighted by molar-refractivity contribution is 7.89. The van der Waals surface area contributed by atoms with Gasteiger partial charge in [0.25, 0.3) is 5.91 Å². The summed E-state index contributed by atoms with van der Waals surface area (Å²) in [4.78, 5) is 12.2. The van der Waals surface area contributed by atoms with E-state index in [1.165, 1.54) is 19.2 Å². The molecular weight excluding hydrogens is 392 g/mol. The number of ether oxygens (including phenoxy) is 2. The number of rotatable bonds is 11. The first-order valence-corrected chi connectivity index (χ1v) is 10.9. The minimum Gasteiger partial charge on any atom is -0.484 e. The number of carbonyl (C=O) groups is 1. The molecule has 0 spiro atoms. The third kappa shape index (κ3) is 7.49. The Morgan fingerprint density at radius 3 is 2.48 bits per heavy atom. The highest BCUT2D eigenvalue weighted by atomic mass is 32.2. The third-order valence-electron chi connectivity index (χ3n) is 4.22. The second-order valence-electron chi connectivity index (χ2n) is 6.83. The van der Waals surface area contributed by atoms with Crippen LogP contribution in [0.25, 0.3) is 0 Å². The van der Waals surface area contributed by atoms with Crippen LogP contribution in [0.15, 0.2) is 53.4 Å². The molecule has 0 aliphatic carbocycles. The zero-order chi connectivity index (χ0) is 21.3. The fourth-order valence-corrected chi connectivity index (χ4v) is 3.53. The van der Waals surface area contributed by atoms with Crippen molar-refractivity contribution in [3.8, 4) is 5.75 Å². The van der Waals surface area contributed by atoms with E-state index in [4.69, 9.17) is 9.47 Å². The van der Waals surface area contributed by atoms with Crippen molar-refractivity contribution in [1.29, 1.82) is 0 Å². The normalized spacial score (nSPS) is 11.4. The molecule has 0 fully saturated rings. The summed E-state index contributed by atoms with van der Waals surface area (Å²) in [7, 11) is -2.06. The van der Waals surface area contributed by atoms with Gasteiger partial charge in [-0.15, -0.1) is 0 Å². The second-order valence-corrected chi connectivity index (χ2v) is 8.59. The van der Waals surface area contributed by atoms with Crippen molar-refractivity contribution in [3.63, 3.8) is 0 Å². The monoisotopic (exact) mass is 420 g/mol. The van der Waals surface area contributed by atoms with Crippen molar-refractivity contribution >= 4 is 15.9 Å². The Balaban J connectivity index is 1.82. The summed E-state index contributed by atoms with van der Waals surface area (Å²) >= 11 is 0. The van der Waals surface area contributed by atoms with Crippen molar-refractivity contribution in [1.82, 2.24) is 10.0 Å². The van der Waals surface area contributed by atoms with Gasteiger partial charge >= 0.3 is 0 Å². The van der Waals surface area contributed by atoms with Gasteiger partial charge in [0.1, 0.15) is 5.75 Å². The Hall–Kier alpha value is -2.42. The number of hydrogen-bond donors (Lipinski definition) is 2. The van der Waals surface area contributed by atoms with Crippen LogP contribution in [0.1, 0.15) is 30.9 Å². The molecule has 1 amide bonds. The topological polar surface area (TPSA) is 93.7 Å². The van der Waals surface area contributed by atoms with Crippen molar-refractivity contribution in [2.45, 2.75) is 31.2 Å². The van der Waals surface area contributed by atoms with E-state index in [-0.39, 0.29) is 30.5 Å². The molecule has 0 aliphatic heterocycles. The summed E-state index contributed by atoms with van der Waals surface area (Å²) in [5.41, 5.74) is 1.94. The van der Waals surface area contributed by atoms with E-state index in [0.29, 0.717) is 18.3 Å². The third-order valence-corrected chi connectivity index (χ3v) is 5.69. The van der Waals surface area contributed by atoms with E-state index in [2.05, 4.69) is 23.9 Å². The lowest BCUT2D eigenvalue weighted by Gasteiger charge is -2.11. The predicted octanol–water partition coefficient (Wildman–Crippen LogP) is 2.43. The molecule has 0 aliphatic rings. The molecule has 7 nitrogen and oxygen atoms in total. The van der Waals surface area contributed by atoms with Crippen LogP contribution in [0.3, 0.4) is 0 Å². The van der Waals surface area contributed by atoms with E-state index in [1.54, 1.807) is 12.1 Å². The molecule has 2 aromatic rings. The number of sulfonamides is 1. The highest BCUT2D eigenvalue weighted by Gasteiger charge is 2.13.